The molecule has 0 spiro atoms. The molecule has 2 atom stereocenters. The van der Waals surface area contributed by atoms with Crippen molar-refractivity contribution in [3.63, 3.8) is 0 Å². The fraction of sp³-hybridized carbons (Fsp3) is 0.600. The quantitative estimate of drug-likeness (QED) is 0.686. The second kappa shape index (κ2) is 2.86. The van der Waals surface area contributed by atoms with Gasteiger partial charge in [-0.15, -0.1) is 0 Å². The largest absolute Gasteiger partial charge is 0.472 e. The van der Waals surface area contributed by atoms with Gasteiger partial charge in [0.05, 0.1) is 18.1 Å². The number of hydrogen-bond acceptors (Lipinski definition) is 3. The highest BCUT2D eigenvalue weighted by Crippen LogP contribution is 2.39. The molecule has 0 saturated heterocycles. The van der Waals surface area contributed by atoms with Gasteiger partial charge in [-0.25, -0.2) is 0 Å². The molecule has 3 nitrogen and oxygen atoms in total. The summed E-state index contributed by atoms with van der Waals surface area (Å²) in [4.78, 5) is 0. The zero-order chi connectivity index (χ0) is 9.47. The van der Waals surface area contributed by atoms with Crippen molar-refractivity contribution in [3.05, 3.63) is 23.7 Å². The zero-order valence-electron chi connectivity index (χ0n) is 7.79. The summed E-state index contributed by atoms with van der Waals surface area (Å²) in [7, 11) is 0. The average molecular weight is 181 g/mol. The standard InChI is InChI=1S/C10H15NO2/c1-7-5-13-6-9(7)10(12)3-2-8(11)4-10/h5-6,8,12H,2-4,11H2,1H3. The molecule has 13 heavy (non-hydrogen) atoms. The Morgan fingerprint density at radius 1 is 1.62 bits per heavy atom. The van der Waals surface area contributed by atoms with E-state index in [0.29, 0.717) is 6.42 Å². The van der Waals surface area contributed by atoms with Crippen LogP contribution in [0.2, 0.25) is 0 Å². The first-order valence-electron chi connectivity index (χ1n) is 4.63. The van der Waals surface area contributed by atoms with E-state index in [4.69, 9.17) is 10.2 Å². The van der Waals surface area contributed by atoms with Crippen LogP contribution < -0.4 is 5.73 Å². The lowest BCUT2D eigenvalue weighted by molar-refractivity contribution is 0.0419. The molecular formula is C10H15NO2. The summed E-state index contributed by atoms with van der Waals surface area (Å²) in [6.45, 7) is 1.95. The second-order valence-electron chi connectivity index (χ2n) is 4.00. The molecule has 72 valence electrons. The Bertz CT molecular complexity index is 308. The maximum absolute atomic E-state index is 10.3. The van der Waals surface area contributed by atoms with Gasteiger partial charge in [-0.1, -0.05) is 0 Å². The van der Waals surface area contributed by atoms with Gasteiger partial charge in [-0.05, 0) is 31.7 Å². The Morgan fingerprint density at radius 3 is 2.85 bits per heavy atom. The topological polar surface area (TPSA) is 59.4 Å². The van der Waals surface area contributed by atoms with Gasteiger partial charge in [-0.2, -0.15) is 0 Å². The first kappa shape index (κ1) is 8.78. The van der Waals surface area contributed by atoms with Crippen molar-refractivity contribution in [2.24, 2.45) is 5.73 Å². The molecule has 1 aromatic heterocycles. The van der Waals surface area contributed by atoms with Crippen LogP contribution in [0, 0.1) is 6.92 Å². The van der Waals surface area contributed by atoms with E-state index in [1.54, 1.807) is 12.5 Å². The van der Waals surface area contributed by atoms with Gasteiger partial charge in [0.2, 0.25) is 0 Å². The fourth-order valence-corrected chi connectivity index (χ4v) is 2.14. The van der Waals surface area contributed by atoms with Crippen LogP contribution in [-0.4, -0.2) is 11.1 Å². The number of aliphatic hydroxyl groups is 1. The molecule has 1 heterocycles. The molecule has 3 N–H and O–H groups in total. The maximum atomic E-state index is 10.3. The van der Waals surface area contributed by atoms with E-state index in [1.807, 2.05) is 6.92 Å². The first-order valence-corrected chi connectivity index (χ1v) is 4.63. The van der Waals surface area contributed by atoms with Gasteiger partial charge in [0.25, 0.3) is 0 Å². The third-order valence-corrected chi connectivity index (χ3v) is 2.89. The number of furan rings is 1. The molecule has 3 heteroatoms. The highest BCUT2D eigenvalue weighted by molar-refractivity contribution is 5.27. The van der Waals surface area contributed by atoms with Crippen LogP contribution >= 0.6 is 0 Å². The second-order valence-corrected chi connectivity index (χ2v) is 4.00. The molecular weight excluding hydrogens is 166 g/mol. The van der Waals surface area contributed by atoms with E-state index in [9.17, 15) is 5.11 Å². The molecule has 2 rings (SSSR count). The van der Waals surface area contributed by atoms with Crippen LogP contribution in [0.15, 0.2) is 16.9 Å². The molecule has 1 aliphatic rings. The van der Waals surface area contributed by atoms with Gasteiger partial charge in [0.15, 0.2) is 0 Å². The van der Waals surface area contributed by atoms with Crippen LogP contribution in [0.25, 0.3) is 0 Å². The van der Waals surface area contributed by atoms with Crippen LogP contribution in [0.1, 0.15) is 30.4 Å². The molecule has 0 bridgehead atoms. The maximum Gasteiger partial charge on any atom is 0.0966 e. The van der Waals surface area contributed by atoms with Crippen LogP contribution in [0.4, 0.5) is 0 Å². The van der Waals surface area contributed by atoms with Crippen LogP contribution in [0.5, 0.6) is 0 Å². The molecule has 1 aromatic rings. The normalized spacial score (nSPS) is 33.9. The third kappa shape index (κ3) is 1.38. The molecule has 0 aromatic carbocycles. The Balaban J connectivity index is 2.30. The Morgan fingerprint density at radius 2 is 2.38 bits per heavy atom. The van der Waals surface area contributed by atoms with Gasteiger partial charge in [-0.3, -0.25) is 0 Å². The van der Waals surface area contributed by atoms with E-state index in [1.165, 1.54) is 0 Å². The Hall–Kier alpha value is -0.800. The summed E-state index contributed by atoms with van der Waals surface area (Å²) >= 11 is 0. The Labute approximate surface area is 77.5 Å². The summed E-state index contributed by atoms with van der Waals surface area (Å²) in [5.41, 5.74) is 6.95. The van der Waals surface area contributed by atoms with Crippen LogP contribution in [0.3, 0.4) is 0 Å². The van der Waals surface area contributed by atoms with E-state index in [-0.39, 0.29) is 6.04 Å². The fourth-order valence-electron chi connectivity index (χ4n) is 2.14. The first-order chi connectivity index (χ1) is 6.12. The van der Waals surface area contributed by atoms with Crippen molar-refractivity contribution < 1.29 is 9.52 Å². The summed E-state index contributed by atoms with van der Waals surface area (Å²) in [6.07, 6.45) is 5.58. The van der Waals surface area contributed by atoms with E-state index in [2.05, 4.69) is 0 Å². The number of rotatable bonds is 1. The van der Waals surface area contributed by atoms with E-state index in [0.717, 1.165) is 24.0 Å². The zero-order valence-corrected chi connectivity index (χ0v) is 7.79. The predicted octanol–water partition coefficient (Wildman–Crippen LogP) is 1.29. The lowest BCUT2D eigenvalue weighted by atomic mass is 9.92. The summed E-state index contributed by atoms with van der Waals surface area (Å²) in [5.74, 6) is 0. The number of nitrogens with two attached hydrogens (primary N) is 1. The molecule has 0 aliphatic heterocycles. The number of hydrogen-bond donors (Lipinski definition) is 2. The minimum absolute atomic E-state index is 0.124. The average Bonchev–Trinajstić information content (AvgIpc) is 2.59. The molecule has 2 unspecified atom stereocenters. The van der Waals surface area contributed by atoms with Gasteiger partial charge in [0.1, 0.15) is 0 Å². The summed E-state index contributed by atoms with van der Waals surface area (Å²) in [6, 6.07) is 0.124. The Kier molecular flexibility index (Phi) is 1.93. The molecule has 1 fully saturated rings. The van der Waals surface area contributed by atoms with Crippen molar-refractivity contribution in [2.45, 2.75) is 37.8 Å². The molecule has 1 aliphatic carbocycles. The predicted molar refractivity (Wildman–Crippen MR) is 49.2 cm³/mol. The van der Waals surface area contributed by atoms with Gasteiger partial charge in [0, 0.05) is 11.6 Å². The van der Waals surface area contributed by atoms with E-state index < -0.39 is 5.60 Å². The third-order valence-electron chi connectivity index (χ3n) is 2.89. The molecule has 1 saturated carbocycles. The summed E-state index contributed by atoms with van der Waals surface area (Å²) in [5, 5.41) is 10.3. The summed E-state index contributed by atoms with van der Waals surface area (Å²) < 4.78 is 5.06. The van der Waals surface area contributed by atoms with Crippen molar-refractivity contribution in [1.82, 2.24) is 0 Å². The minimum Gasteiger partial charge on any atom is -0.472 e. The van der Waals surface area contributed by atoms with Gasteiger partial charge < -0.3 is 15.3 Å². The molecule has 0 radical (unpaired) electrons. The van der Waals surface area contributed by atoms with Crippen LogP contribution in [-0.2, 0) is 5.60 Å². The van der Waals surface area contributed by atoms with E-state index >= 15 is 0 Å². The lowest BCUT2D eigenvalue weighted by Crippen LogP contribution is -2.25. The van der Waals surface area contributed by atoms with Crippen molar-refractivity contribution in [3.8, 4) is 0 Å². The lowest BCUT2D eigenvalue weighted by Gasteiger charge is -2.21. The highest BCUT2D eigenvalue weighted by Gasteiger charge is 2.38. The number of aryl methyl sites for hydroxylation is 1. The monoisotopic (exact) mass is 181 g/mol. The highest BCUT2D eigenvalue weighted by atomic mass is 16.3. The van der Waals surface area contributed by atoms with Crippen molar-refractivity contribution in [2.75, 3.05) is 0 Å². The molecule has 0 amide bonds. The van der Waals surface area contributed by atoms with Crippen molar-refractivity contribution in [1.29, 1.82) is 0 Å². The smallest absolute Gasteiger partial charge is 0.0966 e. The SMILES string of the molecule is Cc1cocc1C1(O)CCC(N)C1. The minimum atomic E-state index is -0.740. The van der Waals surface area contributed by atoms with Gasteiger partial charge >= 0.3 is 0 Å². The van der Waals surface area contributed by atoms with Crippen molar-refractivity contribution >= 4 is 0 Å².